The van der Waals surface area contributed by atoms with Crippen molar-refractivity contribution in [2.75, 3.05) is 17.7 Å². The Morgan fingerprint density at radius 2 is 2.12 bits per heavy atom. The summed E-state index contributed by atoms with van der Waals surface area (Å²) in [6.07, 6.45) is 4.58. The zero-order chi connectivity index (χ0) is 18.4. The Balaban J connectivity index is 1.76. The zero-order valence-corrected chi connectivity index (χ0v) is 14.4. The van der Waals surface area contributed by atoms with Crippen molar-refractivity contribution in [3.8, 4) is 17.7 Å². The van der Waals surface area contributed by atoms with Gasteiger partial charge in [0.15, 0.2) is 0 Å². The van der Waals surface area contributed by atoms with Crippen LogP contribution in [0.1, 0.15) is 16.7 Å². The molecule has 2 aromatic heterocycles. The van der Waals surface area contributed by atoms with Crippen molar-refractivity contribution >= 4 is 11.8 Å². The molecule has 3 rings (SSSR count). The van der Waals surface area contributed by atoms with Crippen molar-refractivity contribution in [3.05, 3.63) is 59.7 Å². The van der Waals surface area contributed by atoms with Gasteiger partial charge in [0, 0.05) is 19.8 Å². The second-order valence-corrected chi connectivity index (χ2v) is 5.44. The standard InChI is InChI=1S/C18H17N7O/c1-12-4-3-5-15(6-12)26-17-14(8-21-11-24-17)10-23-18-22-9-13(7-19)16(20-2)25-18/h3-6,8-9,11H,10H2,1-2H3,(H2,20,22,23,25). The molecule has 0 aliphatic rings. The smallest absolute Gasteiger partial charge is 0.227 e. The van der Waals surface area contributed by atoms with Gasteiger partial charge in [0.1, 0.15) is 29.5 Å². The fraction of sp³-hybridized carbons (Fsp3) is 0.167. The molecule has 2 N–H and O–H groups in total. The van der Waals surface area contributed by atoms with Crippen molar-refractivity contribution in [2.45, 2.75) is 13.5 Å². The molecule has 0 saturated carbocycles. The molecule has 1 aromatic carbocycles. The van der Waals surface area contributed by atoms with Crippen LogP contribution in [0.4, 0.5) is 11.8 Å². The average Bonchev–Trinajstić information content (AvgIpc) is 2.67. The first-order valence-electron chi connectivity index (χ1n) is 7.91. The topological polar surface area (TPSA) is 109 Å². The lowest BCUT2D eigenvalue weighted by Gasteiger charge is -2.11. The number of hydrogen-bond donors (Lipinski definition) is 2. The molecule has 26 heavy (non-hydrogen) atoms. The Bertz CT molecular complexity index is 952. The van der Waals surface area contributed by atoms with E-state index < -0.39 is 0 Å². The molecule has 0 aliphatic heterocycles. The molecule has 0 amide bonds. The second kappa shape index (κ2) is 7.90. The van der Waals surface area contributed by atoms with Gasteiger partial charge in [-0.3, -0.25) is 0 Å². The van der Waals surface area contributed by atoms with Crippen molar-refractivity contribution in [2.24, 2.45) is 0 Å². The number of aromatic nitrogens is 4. The number of nitrogens with zero attached hydrogens (tertiary/aromatic N) is 5. The molecule has 0 bridgehead atoms. The van der Waals surface area contributed by atoms with E-state index in [2.05, 4.69) is 30.6 Å². The largest absolute Gasteiger partial charge is 0.439 e. The SMILES string of the molecule is CNc1nc(NCc2cncnc2Oc2cccc(C)c2)ncc1C#N. The Kier molecular flexibility index (Phi) is 5.19. The molecule has 2 heterocycles. The van der Waals surface area contributed by atoms with Crippen LogP contribution >= 0.6 is 0 Å². The summed E-state index contributed by atoms with van der Waals surface area (Å²) in [6, 6.07) is 9.76. The van der Waals surface area contributed by atoms with E-state index in [4.69, 9.17) is 10.00 Å². The minimum atomic E-state index is 0.372. The van der Waals surface area contributed by atoms with Gasteiger partial charge < -0.3 is 15.4 Å². The minimum Gasteiger partial charge on any atom is -0.439 e. The van der Waals surface area contributed by atoms with Crippen LogP contribution in [0.3, 0.4) is 0 Å². The predicted octanol–water partition coefficient (Wildman–Crippen LogP) is 2.89. The van der Waals surface area contributed by atoms with Crippen LogP contribution in [0.5, 0.6) is 11.6 Å². The van der Waals surface area contributed by atoms with Gasteiger partial charge in [-0.25, -0.2) is 15.0 Å². The Hall–Kier alpha value is -3.73. The van der Waals surface area contributed by atoms with E-state index in [-0.39, 0.29) is 0 Å². The highest BCUT2D eigenvalue weighted by Gasteiger charge is 2.09. The highest BCUT2D eigenvalue weighted by molar-refractivity contribution is 5.53. The van der Waals surface area contributed by atoms with Gasteiger partial charge in [0.25, 0.3) is 0 Å². The number of nitrogens with one attached hydrogen (secondary N) is 2. The average molecular weight is 347 g/mol. The maximum absolute atomic E-state index is 9.02. The van der Waals surface area contributed by atoms with Gasteiger partial charge in [0.2, 0.25) is 11.8 Å². The van der Waals surface area contributed by atoms with Crippen LogP contribution < -0.4 is 15.4 Å². The molecule has 3 aromatic rings. The number of ether oxygens (including phenoxy) is 1. The third-order valence-corrected chi connectivity index (χ3v) is 3.53. The third-order valence-electron chi connectivity index (χ3n) is 3.53. The molecular formula is C18H17N7O. The first-order valence-corrected chi connectivity index (χ1v) is 7.91. The summed E-state index contributed by atoms with van der Waals surface area (Å²) in [6.45, 7) is 2.37. The number of rotatable bonds is 6. The zero-order valence-electron chi connectivity index (χ0n) is 14.4. The van der Waals surface area contributed by atoms with E-state index in [1.54, 1.807) is 13.2 Å². The van der Waals surface area contributed by atoms with Gasteiger partial charge in [-0.2, -0.15) is 10.2 Å². The van der Waals surface area contributed by atoms with Gasteiger partial charge in [-0.1, -0.05) is 12.1 Å². The number of aryl methyl sites for hydroxylation is 1. The first-order chi connectivity index (χ1) is 12.7. The Morgan fingerprint density at radius 1 is 1.23 bits per heavy atom. The normalized spacial score (nSPS) is 10.0. The first kappa shape index (κ1) is 17.1. The second-order valence-electron chi connectivity index (χ2n) is 5.44. The molecular weight excluding hydrogens is 330 g/mol. The third kappa shape index (κ3) is 4.02. The van der Waals surface area contributed by atoms with Gasteiger partial charge in [-0.15, -0.1) is 0 Å². The van der Waals surface area contributed by atoms with Crippen LogP contribution in [-0.2, 0) is 6.54 Å². The molecule has 0 radical (unpaired) electrons. The van der Waals surface area contributed by atoms with Crippen molar-refractivity contribution in [3.63, 3.8) is 0 Å². The summed E-state index contributed by atoms with van der Waals surface area (Å²) in [5.74, 6) is 2.02. The van der Waals surface area contributed by atoms with E-state index in [0.717, 1.165) is 11.1 Å². The molecule has 0 fully saturated rings. The summed E-state index contributed by atoms with van der Waals surface area (Å²) < 4.78 is 5.87. The minimum absolute atomic E-state index is 0.372. The highest BCUT2D eigenvalue weighted by Crippen LogP contribution is 2.23. The van der Waals surface area contributed by atoms with E-state index in [1.165, 1.54) is 12.5 Å². The van der Waals surface area contributed by atoms with Crippen molar-refractivity contribution < 1.29 is 4.74 Å². The number of nitriles is 1. The van der Waals surface area contributed by atoms with Crippen LogP contribution in [-0.4, -0.2) is 27.0 Å². The van der Waals surface area contributed by atoms with Gasteiger partial charge >= 0.3 is 0 Å². The van der Waals surface area contributed by atoms with Crippen LogP contribution in [0.2, 0.25) is 0 Å². The maximum atomic E-state index is 9.02. The molecule has 0 spiro atoms. The predicted molar refractivity (Wildman–Crippen MR) is 96.9 cm³/mol. The maximum Gasteiger partial charge on any atom is 0.227 e. The van der Waals surface area contributed by atoms with E-state index in [9.17, 15) is 0 Å². The molecule has 0 saturated heterocycles. The summed E-state index contributed by atoms with van der Waals surface area (Å²) in [5.41, 5.74) is 2.24. The van der Waals surface area contributed by atoms with Crippen LogP contribution in [0.25, 0.3) is 0 Å². The number of benzene rings is 1. The molecule has 8 heteroatoms. The van der Waals surface area contributed by atoms with Gasteiger partial charge in [-0.05, 0) is 24.6 Å². The summed E-state index contributed by atoms with van der Waals surface area (Å²) >= 11 is 0. The van der Waals surface area contributed by atoms with E-state index in [1.807, 2.05) is 37.3 Å². The monoisotopic (exact) mass is 347 g/mol. The van der Waals surface area contributed by atoms with Crippen LogP contribution in [0.15, 0.2) is 43.0 Å². The lowest BCUT2D eigenvalue weighted by molar-refractivity contribution is 0.455. The fourth-order valence-electron chi connectivity index (χ4n) is 2.26. The lowest BCUT2D eigenvalue weighted by Crippen LogP contribution is -2.08. The molecule has 0 aliphatic carbocycles. The van der Waals surface area contributed by atoms with E-state index in [0.29, 0.717) is 35.5 Å². The quantitative estimate of drug-likeness (QED) is 0.700. The summed E-state index contributed by atoms with van der Waals surface area (Å²) in [4.78, 5) is 16.7. The molecule has 8 nitrogen and oxygen atoms in total. The molecule has 0 atom stereocenters. The lowest BCUT2D eigenvalue weighted by atomic mass is 10.2. The molecule has 130 valence electrons. The number of hydrogen-bond acceptors (Lipinski definition) is 8. The fourth-order valence-corrected chi connectivity index (χ4v) is 2.26. The Morgan fingerprint density at radius 3 is 2.88 bits per heavy atom. The van der Waals surface area contributed by atoms with Gasteiger partial charge in [0.05, 0.1) is 11.8 Å². The van der Waals surface area contributed by atoms with Crippen molar-refractivity contribution in [1.82, 2.24) is 19.9 Å². The summed E-state index contributed by atoms with van der Waals surface area (Å²) in [5, 5.41) is 15.0. The van der Waals surface area contributed by atoms with E-state index >= 15 is 0 Å². The van der Waals surface area contributed by atoms with Crippen molar-refractivity contribution in [1.29, 1.82) is 5.26 Å². The highest BCUT2D eigenvalue weighted by atomic mass is 16.5. The number of anilines is 2. The summed E-state index contributed by atoms with van der Waals surface area (Å²) in [7, 11) is 1.70. The Labute approximate surface area is 150 Å². The van der Waals surface area contributed by atoms with Crippen LogP contribution in [0, 0.1) is 18.3 Å². The molecule has 0 unspecified atom stereocenters.